The number of thiazole rings is 1. The van der Waals surface area contributed by atoms with E-state index in [4.69, 9.17) is 22.2 Å². The summed E-state index contributed by atoms with van der Waals surface area (Å²) in [6.07, 6.45) is 2.23. The number of rotatable bonds is 10. The first-order valence-electron chi connectivity index (χ1n) is 15.5. The van der Waals surface area contributed by atoms with Crippen molar-refractivity contribution in [2.75, 3.05) is 18.0 Å². The number of hydrogen-bond acceptors (Lipinski definition) is 13. The summed E-state index contributed by atoms with van der Waals surface area (Å²) in [6, 6.07) is 5.06. The molecule has 20 heteroatoms. The number of oxime groups is 1. The van der Waals surface area contributed by atoms with Crippen LogP contribution in [-0.2, 0) is 43.5 Å². The van der Waals surface area contributed by atoms with Crippen LogP contribution in [0.2, 0.25) is 5.02 Å². The van der Waals surface area contributed by atoms with Crippen LogP contribution >= 0.6 is 34.7 Å². The number of carboxylic acid groups (broad SMARTS) is 2. The lowest BCUT2D eigenvalue weighted by Crippen LogP contribution is -2.71. The number of phenols is 2. The van der Waals surface area contributed by atoms with Gasteiger partial charge in [-0.15, -0.1) is 23.1 Å². The maximum atomic E-state index is 13.5. The van der Waals surface area contributed by atoms with E-state index in [1.807, 2.05) is 16.7 Å². The van der Waals surface area contributed by atoms with Gasteiger partial charge in [0.15, 0.2) is 35.1 Å². The molecule has 5 heterocycles. The molecule has 3 aliphatic heterocycles. The maximum Gasteiger partial charge on any atom is 0.352 e. The highest BCUT2D eigenvalue weighted by molar-refractivity contribution is 8.00. The summed E-state index contributed by atoms with van der Waals surface area (Å²) >= 11 is 8.41. The minimum absolute atomic E-state index is 0.0113. The number of carboxylic acids is 2. The average molecular weight is 773 g/mol. The van der Waals surface area contributed by atoms with Gasteiger partial charge in [0, 0.05) is 34.9 Å². The van der Waals surface area contributed by atoms with Crippen LogP contribution in [0.4, 0.5) is 5.13 Å². The SMILES string of the molecule is CC(C)(O/N=C(\C(=O)N[C@@H]1C(=O)N2C(C(=O)O)=C(C[n+]3cccc4c3CN(C(=O)c3ccc(O)c(O)c3Cl)CC4)CS[C@H]12)c1csc(N)n1)C(=O)O. The number of β-lactam (4-membered cyclic amide) rings is 1. The third-order valence-electron chi connectivity index (χ3n) is 8.64. The van der Waals surface area contributed by atoms with E-state index in [1.54, 1.807) is 6.20 Å². The van der Waals surface area contributed by atoms with E-state index in [1.165, 1.54) is 48.0 Å². The summed E-state index contributed by atoms with van der Waals surface area (Å²) in [6.45, 7) is 3.01. The first-order valence-corrected chi connectivity index (χ1v) is 17.8. The van der Waals surface area contributed by atoms with Crippen molar-refractivity contribution in [3.05, 3.63) is 74.6 Å². The Kier molecular flexibility index (Phi) is 9.77. The Morgan fingerprint density at radius 1 is 1.21 bits per heavy atom. The van der Waals surface area contributed by atoms with Crippen molar-refractivity contribution in [3.8, 4) is 11.5 Å². The number of phenolic OH excluding ortho intramolecular Hbond substituents is 2. The van der Waals surface area contributed by atoms with Crippen molar-refractivity contribution in [2.45, 2.75) is 50.4 Å². The lowest BCUT2D eigenvalue weighted by Gasteiger charge is -2.49. The van der Waals surface area contributed by atoms with Crippen molar-refractivity contribution in [1.82, 2.24) is 20.1 Å². The predicted octanol–water partition coefficient (Wildman–Crippen LogP) is 1.30. The smallest absolute Gasteiger partial charge is 0.352 e. The van der Waals surface area contributed by atoms with Gasteiger partial charge in [0.25, 0.3) is 17.7 Å². The van der Waals surface area contributed by atoms with Crippen molar-refractivity contribution in [1.29, 1.82) is 0 Å². The van der Waals surface area contributed by atoms with Crippen LogP contribution in [0.25, 0.3) is 0 Å². The first-order chi connectivity index (χ1) is 24.6. The maximum absolute atomic E-state index is 13.5. The molecule has 3 aliphatic rings. The van der Waals surface area contributed by atoms with Gasteiger partial charge < -0.3 is 41.2 Å². The van der Waals surface area contributed by atoms with Crippen LogP contribution in [0, 0.1) is 0 Å². The number of pyridine rings is 1. The van der Waals surface area contributed by atoms with Gasteiger partial charge in [-0.1, -0.05) is 16.8 Å². The monoisotopic (exact) mass is 772 g/mol. The van der Waals surface area contributed by atoms with Crippen molar-refractivity contribution in [3.63, 3.8) is 0 Å². The molecular formula is C32H31ClN7O10S2+. The number of carbonyl (C=O) groups is 5. The standard InChI is InChI=1S/C32H30ClN7O10S2/c1-32(2,30(48)49)50-37-21(17-13-52-31(34)35-17)25(43)36-22-27(45)40-23(29(46)47)15(12-51-28(22)40)10-38-8-3-4-14-7-9-39(11-18(14)38)26(44)16-5-6-19(41)24(42)20(16)33/h3-6,8,13,22,28H,7,9-12H2,1-2H3,(H6-,34,35,36,37,41,42,43,44,46,47,48,49)/p+1/t22-,28-/m1/s1. The number of halogens is 1. The van der Waals surface area contributed by atoms with Crippen molar-refractivity contribution < 1.29 is 53.8 Å². The van der Waals surface area contributed by atoms with Gasteiger partial charge in [0.05, 0.1) is 10.6 Å². The first kappa shape index (κ1) is 36.4. The highest BCUT2D eigenvalue weighted by Gasteiger charge is 2.55. The predicted molar refractivity (Wildman–Crippen MR) is 185 cm³/mol. The second-order valence-electron chi connectivity index (χ2n) is 12.4. The molecule has 1 aromatic carbocycles. The molecule has 272 valence electrons. The number of aromatic hydroxyl groups is 2. The molecule has 3 aromatic rings. The van der Waals surface area contributed by atoms with Crippen molar-refractivity contribution >= 4 is 75.2 Å². The molecule has 6 rings (SSSR count). The van der Waals surface area contributed by atoms with Crippen LogP contribution in [0.1, 0.15) is 41.2 Å². The normalized spacial score (nSPS) is 18.7. The third-order valence-corrected chi connectivity index (χ3v) is 11.0. The third kappa shape index (κ3) is 6.69. The van der Waals surface area contributed by atoms with Gasteiger partial charge in [-0.3, -0.25) is 19.3 Å². The number of nitrogens with zero attached hydrogens (tertiary/aromatic N) is 5. The fraction of sp³-hybridized carbons (Fsp3) is 0.312. The minimum Gasteiger partial charge on any atom is -0.504 e. The number of amides is 3. The number of fused-ring (bicyclic) bond motifs is 2. The number of carbonyl (C=O) groups excluding carboxylic acids is 3. The van der Waals surface area contributed by atoms with E-state index in [0.717, 1.165) is 27.5 Å². The number of nitrogens with one attached hydrogen (secondary N) is 1. The second-order valence-corrected chi connectivity index (χ2v) is 14.8. The zero-order valence-electron chi connectivity index (χ0n) is 27.4. The molecule has 0 spiro atoms. The lowest BCUT2D eigenvalue weighted by molar-refractivity contribution is -0.698. The zero-order chi connectivity index (χ0) is 37.6. The number of benzene rings is 1. The molecule has 1 saturated heterocycles. The summed E-state index contributed by atoms with van der Waals surface area (Å²) in [7, 11) is 0. The van der Waals surface area contributed by atoms with Crippen LogP contribution in [0.5, 0.6) is 11.5 Å². The number of thioether (sulfide) groups is 1. The van der Waals surface area contributed by atoms with Gasteiger partial charge in [-0.25, -0.2) is 14.6 Å². The molecular weight excluding hydrogens is 742 g/mol. The summed E-state index contributed by atoms with van der Waals surface area (Å²) in [5.74, 6) is -5.63. The fourth-order valence-corrected chi connectivity index (χ4v) is 7.92. The lowest BCUT2D eigenvalue weighted by atomic mass is 10.0. The van der Waals surface area contributed by atoms with Crippen molar-refractivity contribution in [2.24, 2.45) is 5.16 Å². The number of nitrogen functional groups attached to an aromatic ring is 1. The van der Waals surface area contributed by atoms with E-state index < -0.39 is 63.9 Å². The Hall–Kier alpha value is -5.40. The molecule has 17 nitrogen and oxygen atoms in total. The molecule has 2 aromatic heterocycles. The van der Waals surface area contributed by atoms with Gasteiger partial charge >= 0.3 is 11.9 Å². The molecule has 0 radical (unpaired) electrons. The van der Waals surface area contributed by atoms with Crippen LogP contribution in [0.3, 0.4) is 0 Å². The Morgan fingerprint density at radius 2 is 1.96 bits per heavy atom. The van der Waals surface area contributed by atoms with Gasteiger partial charge in [-0.2, -0.15) is 4.57 Å². The van der Waals surface area contributed by atoms with E-state index in [0.29, 0.717) is 18.5 Å². The van der Waals surface area contributed by atoms with Crippen LogP contribution < -0.4 is 15.6 Å². The number of aromatic nitrogens is 2. The van der Waals surface area contributed by atoms with E-state index in [-0.39, 0.29) is 46.0 Å². The summed E-state index contributed by atoms with van der Waals surface area (Å²) in [4.78, 5) is 76.3. The van der Waals surface area contributed by atoms with E-state index >= 15 is 0 Å². The van der Waals surface area contributed by atoms with E-state index in [9.17, 15) is 44.4 Å². The Morgan fingerprint density at radius 3 is 2.63 bits per heavy atom. The Balaban J connectivity index is 1.22. The highest BCUT2D eigenvalue weighted by atomic mass is 35.5. The largest absolute Gasteiger partial charge is 0.504 e. The van der Waals surface area contributed by atoms with E-state index in [2.05, 4.69) is 15.5 Å². The Labute approximate surface area is 307 Å². The highest BCUT2D eigenvalue weighted by Crippen LogP contribution is 2.41. The summed E-state index contributed by atoms with van der Waals surface area (Å²) in [5, 5.41) is 46.3. The molecule has 7 N–H and O–H groups in total. The van der Waals surface area contributed by atoms with Crippen LogP contribution in [-0.4, -0.2) is 99.9 Å². The fourth-order valence-electron chi connectivity index (χ4n) is 5.80. The number of aliphatic carboxylic acids is 2. The molecule has 2 atom stereocenters. The molecule has 0 aliphatic carbocycles. The molecule has 1 fully saturated rings. The molecule has 0 bridgehead atoms. The second kappa shape index (κ2) is 14.0. The topological polar surface area (TPSA) is 249 Å². The van der Waals surface area contributed by atoms with Gasteiger partial charge in [0.1, 0.15) is 29.4 Å². The number of anilines is 1. The summed E-state index contributed by atoms with van der Waals surface area (Å²) in [5.41, 5.74) is 5.35. The Bertz CT molecular complexity index is 2100. The molecule has 3 amide bonds. The van der Waals surface area contributed by atoms with Gasteiger partial charge in [0.2, 0.25) is 11.3 Å². The quantitative estimate of drug-likeness (QED) is 0.0560. The molecule has 0 unspecified atom stereocenters. The zero-order valence-corrected chi connectivity index (χ0v) is 29.8. The minimum atomic E-state index is -1.80. The van der Waals surface area contributed by atoms with Gasteiger partial charge in [-0.05, 0) is 38.5 Å². The number of nitrogens with two attached hydrogens (primary N) is 1. The summed E-state index contributed by atoms with van der Waals surface area (Å²) < 4.78 is 1.81. The van der Waals surface area contributed by atoms with Crippen LogP contribution in [0.15, 0.2) is 52.3 Å². The molecule has 52 heavy (non-hydrogen) atoms. The number of hydrogen-bond donors (Lipinski definition) is 6. The molecule has 0 saturated carbocycles. The average Bonchev–Trinajstić information content (AvgIpc) is 3.54.